The smallest absolute Gasteiger partial charge is 1.00 e. The number of aromatic nitrogens is 2. The zero-order valence-corrected chi connectivity index (χ0v) is 25.5. The SMILES string of the molecule is O=C[C@H](OP(=O)(O[C@H]1[C@@H](O)[C@H](n2ccc(=O)[nH]c2=O)O[C@@H]1[CH-][O-])OP(=O)(O)O)[C@@H](O)[C@@H](O)[C@H](O)CO.[Na+].[Na+]. The summed E-state index contributed by atoms with van der Waals surface area (Å²) in [7, 11) is -11.6. The molecule has 0 aliphatic carbocycles. The van der Waals surface area contributed by atoms with Gasteiger partial charge in [0.1, 0.15) is 24.4 Å². The number of carbonyl (C=O) groups is 1. The van der Waals surface area contributed by atoms with E-state index in [9.17, 15) is 49.0 Å². The van der Waals surface area contributed by atoms with E-state index in [1.807, 2.05) is 4.98 Å². The van der Waals surface area contributed by atoms with Crippen molar-refractivity contribution in [1.29, 1.82) is 0 Å². The fourth-order valence-electron chi connectivity index (χ4n) is 2.95. The number of H-pyrrole nitrogens is 1. The van der Waals surface area contributed by atoms with E-state index in [0.717, 1.165) is 12.3 Å². The molecule has 0 amide bonds. The topological polar surface area (TPSA) is 308 Å². The third kappa shape index (κ3) is 10.0. The molecule has 2 rings (SSSR count). The Morgan fingerprint density at radius 2 is 1.82 bits per heavy atom. The molecule has 1 unspecified atom stereocenters. The van der Waals surface area contributed by atoms with Gasteiger partial charge in [-0.1, -0.05) is 6.10 Å². The Labute approximate surface area is 256 Å². The Hall–Kier alpha value is 0.330. The molecule has 206 valence electrons. The molecule has 1 fully saturated rings. The van der Waals surface area contributed by atoms with Crippen LogP contribution in [-0.4, -0.2) is 100 Å². The third-order valence-corrected chi connectivity index (χ3v) is 7.27. The number of nitrogens with one attached hydrogen (secondary N) is 1. The first-order chi connectivity index (χ1) is 16.7. The van der Waals surface area contributed by atoms with Gasteiger partial charge in [0, 0.05) is 12.3 Å². The van der Waals surface area contributed by atoms with Gasteiger partial charge in [-0.05, 0) is 0 Å². The van der Waals surface area contributed by atoms with E-state index in [1.54, 1.807) is 0 Å². The molecule has 0 bridgehead atoms. The number of hydrogen-bond acceptors (Lipinski definition) is 15. The second kappa shape index (κ2) is 16.1. The van der Waals surface area contributed by atoms with E-state index in [1.165, 1.54) is 0 Å². The number of ether oxygens (including phenoxy) is 1. The van der Waals surface area contributed by atoms with Crippen LogP contribution < -0.4 is 75.5 Å². The predicted molar refractivity (Wildman–Crippen MR) is 107 cm³/mol. The molecule has 0 spiro atoms. The molecule has 1 saturated heterocycles. The van der Waals surface area contributed by atoms with Crippen molar-refractivity contribution in [2.24, 2.45) is 0 Å². The van der Waals surface area contributed by atoms with E-state index in [2.05, 4.69) is 8.83 Å². The van der Waals surface area contributed by atoms with Crippen molar-refractivity contribution in [3.05, 3.63) is 39.7 Å². The summed E-state index contributed by atoms with van der Waals surface area (Å²) in [6.45, 7) is -1.14. The van der Waals surface area contributed by atoms with Gasteiger partial charge in [-0.3, -0.25) is 23.4 Å². The van der Waals surface area contributed by atoms with Crippen LogP contribution in [0.4, 0.5) is 0 Å². The molecular formula is C15H22N2Na2O17P2. The monoisotopic (exact) mass is 610 g/mol. The molecule has 0 radical (unpaired) electrons. The van der Waals surface area contributed by atoms with Crippen LogP contribution in [0.1, 0.15) is 6.23 Å². The number of aliphatic hydroxyl groups is 5. The summed E-state index contributed by atoms with van der Waals surface area (Å²) in [4.78, 5) is 54.7. The average Bonchev–Trinajstić information content (AvgIpc) is 3.09. The van der Waals surface area contributed by atoms with Gasteiger partial charge in [0.05, 0.1) is 12.7 Å². The number of rotatable bonds is 13. The average molecular weight is 610 g/mol. The molecule has 1 aliphatic rings. The van der Waals surface area contributed by atoms with Crippen molar-refractivity contribution in [2.45, 2.75) is 49.0 Å². The fraction of sp³-hybridized carbons (Fsp3) is 0.600. The Balaban J connectivity index is 0.00000684. The molecule has 1 aromatic rings. The first-order valence-corrected chi connectivity index (χ1v) is 12.6. The number of hydrogen-bond donors (Lipinski definition) is 8. The van der Waals surface area contributed by atoms with Crippen LogP contribution in [0.3, 0.4) is 0 Å². The number of phosphoric acid groups is 2. The minimum atomic E-state index is -5.79. The summed E-state index contributed by atoms with van der Waals surface area (Å²) in [5.74, 6) is 0. The molecule has 0 saturated carbocycles. The van der Waals surface area contributed by atoms with Gasteiger partial charge in [-0.25, -0.2) is 13.9 Å². The number of aromatic amines is 1. The molecular weight excluding hydrogens is 588 g/mol. The summed E-state index contributed by atoms with van der Waals surface area (Å²) >= 11 is 0. The van der Waals surface area contributed by atoms with Gasteiger partial charge in [0.25, 0.3) is 5.56 Å². The maximum absolute atomic E-state index is 13.1. The maximum Gasteiger partial charge on any atom is 1.00 e. The second-order valence-corrected chi connectivity index (χ2v) is 10.1. The van der Waals surface area contributed by atoms with Gasteiger partial charge in [0.2, 0.25) is 0 Å². The van der Waals surface area contributed by atoms with Crippen molar-refractivity contribution in [2.75, 3.05) is 6.61 Å². The minimum Gasteiger partial charge on any atom is -1.03 e. The Morgan fingerprint density at radius 1 is 1.21 bits per heavy atom. The minimum absolute atomic E-state index is 0. The van der Waals surface area contributed by atoms with Crippen LogP contribution in [-0.2, 0) is 32.0 Å². The van der Waals surface area contributed by atoms with E-state index in [-0.39, 0.29) is 72.0 Å². The summed E-state index contributed by atoms with van der Waals surface area (Å²) < 4.78 is 43.5. The molecule has 1 aromatic heterocycles. The number of carbonyl (C=O) groups excluding carboxylic acids is 1. The molecule has 1 aliphatic heterocycles. The van der Waals surface area contributed by atoms with Crippen LogP contribution in [0.5, 0.6) is 0 Å². The summed E-state index contributed by atoms with van der Waals surface area (Å²) in [5, 5.41) is 60.0. The van der Waals surface area contributed by atoms with E-state index >= 15 is 0 Å². The van der Waals surface area contributed by atoms with E-state index in [4.69, 9.17) is 24.2 Å². The van der Waals surface area contributed by atoms with Crippen molar-refractivity contribution < 1.29 is 132 Å². The first-order valence-electron chi connectivity index (χ1n) is 9.60. The normalized spacial score (nSPS) is 26.2. The molecule has 38 heavy (non-hydrogen) atoms. The number of aliphatic hydroxyl groups excluding tert-OH is 5. The van der Waals surface area contributed by atoms with E-state index < -0.39 is 82.5 Å². The van der Waals surface area contributed by atoms with Crippen molar-refractivity contribution >= 4 is 21.9 Å². The second-order valence-electron chi connectivity index (χ2n) is 7.16. The Bertz CT molecular complexity index is 1110. The summed E-state index contributed by atoms with van der Waals surface area (Å²) in [6, 6.07) is 0.842. The zero-order chi connectivity index (χ0) is 27.4. The Morgan fingerprint density at radius 3 is 2.29 bits per heavy atom. The van der Waals surface area contributed by atoms with Crippen molar-refractivity contribution in [3.8, 4) is 0 Å². The van der Waals surface area contributed by atoms with Crippen LogP contribution in [0, 0.1) is 6.61 Å². The molecule has 2 heterocycles. The number of aldehydes is 1. The molecule has 0 aromatic carbocycles. The van der Waals surface area contributed by atoms with Gasteiger partial charge in [-0.15, -0.1) is 0 Å². The standard InChI is InChI=1S/C15H22N2O17P2.2Na/c18-3-6(21)10(23)11(24)7(4-19)32-36(30,34-35(27,28)29)33-13-8(5-20)31-14(12(13)25)17-2-1-9(22)16-15(17)26;;/h1-2,4-8,10-14,18,21,23-25H,3H2,(H,16,22,26)(H2,27,28,29);;/q-2;2*+1/t6-,7+,8-,10+,11-,12-,13-,14-,36?;;/m1../s1. The van der Waals surface area contributed by atoms with Gasteiger partial charge in [-0.2, -0.15) is 4.31 Å². The zero-order valence-electron chi connectivity index (χ0n) is 19.7. The molecule has 9 atom stereocenters. The van der Waals surface area contributed by atoms with Crippen molar-refractivity contribution in [3.63, 3.8) is 0 Å². The van der Waals surface area contributed by atoms with E-state index in [0.29, 0.717) is 4.57 Å². The first kappa shape index (κ1) is 38.3. The van der Waals surface area contributed by atoms with Crippen LogP contribution in [0.15, 0.2) is 21.9 Å². The quantitative estimate of drug-likeness (QED) is 0.0445. The van der Waals surface area contributed by atoms with Crippen molar-refractivity contribution in [1.82, 2.24) is 9.55 Å². The summed E-state index contributed by atoms with van der Waals surface area (Å²) in [6.07, 6.45) is -16.8. The molecule has 23 heteroatoms. The fourth-order valence-corrected chi connectivity index (χ4v) is 5.37. The van der Waals surface area contributed by atoms with Gasteiger partial charge >= 0.3 is 80.4 Å². The molecule has 19 nitrogen and oxygen atoms in total. The maximum atomic E-state index is 13.1. The van der Waals surface area contributed by atoms with Crippen LogP contribution in [0.25, 0.3) is 0 Å². The predicted octanol–water partition coefficient (Wildman–Crippen LogP) is -11.4. The number of nitrogens with zero attached hydrogens (tertiary/aromatic N) is 1. The molecule has 8 N–H and O–H groups in total. The summed E-state index contributed by atoms with van der Waals surface area (Å²) in [5.41, 5.74) is -1.95. The largest absolute Gasteiger partial charge is 1.03 e. The Kier molecular flexibility index (Phi) is 16.2. The third-order valence-electron chi connectivity index (χ3n) is 4.62. The van der Waals surface area contributed by atoms with Gasteiger partial charge in [0.15, 0.2) is 18.6 Å². The van der Waals surface area contributed by atoms with Crippen LogP contribution in [0.2, 0.25) is 0 Å². The van der Waals surface area contributed by atoms with Gasteiger partial charge < -0.3 is 56.6 Å². The van der Waals surface area contributed by atoms with Crippen LogP contribution >= 0.6 is 15.6 Å². The number of phosphoric ester groups is 1.